The molecule has 4 nitrogen and oxygen atoms in total. The van der Waals surface area contributed by atoms with Crippen LogP contribution in [0.15, 0.2) is 0 Å². The highest BCUT2D eigenvalue weighted by atomic mass is 32.1. The smallest absolute Gasteiger partial charge is 0.185 e. The van der Waals surface area contributed by atoms with Crippen molar-refractivity contribution >= 4 is 17.3 Å². The average Bonchev–Trinajstić information content (AvgIpc) is 3.04. The van der Waals surface area contributed by atoms with Crippen LogP contribution in [0.3, 0.4) is 0 Å². The van der Waals surface area contributed by atoms with Crippen molar-refractivity contribution in [2.45, 2.75) is 31.5 Å². The Balaban J connectivity index is 1.52. The quantitative estimate of drug-likeness (QED) is 0.557. The van der Waals surface area contributed by atoms with Crippen molar-refractivity contribution in [2.75, 3.05) is 26.4 Å². The molecule has 16 heavy (non-hydrogen) atoms. The minimum absolute atomic E-state index is 0.0107. The number of rotatable bonds is 6. The Kier molecular flexibility index (Phi) is 4.52. The Morgan fingerprint density at radius 3 is 3.00 bits per heavy atom. The topological polar surface area (TPSA) is 51.2 Å². The van der Waals surface area contributed by atoms with Gasteiger partial charge in [0, 0.05) is 0 Å². The molecule has 3 atom stereocenters. The number of hydrogen-bond donors (Lipinski definition) is 1. The fourth-order valence-electron chi connectivity index (χ4n) is 2.15. The number of thiocarbonyl (C=S) groups is 1. The predicted molar refractivity (Wildman–Crippen MR) is 62.5 cm³/mol. The Morgan fingerprint density at radius 2 is 2.25 bits per heavy atom. The van der Waals surface area contributed by atoms with Gasteiger partial charge in [-0.15, -0.1) is 0 Å². The minimum atomic E-state index is -0.0107. The summed E-state index contributed by atoms with van der Waals surface area (Å²) in [6.45, 7) is 1.32. The van der Waals surface area contributed by atoms with Crippen molar-refractivity contribution in [3.8, 4) is 0 Å². The van der Waals surface area contributed by atoms with Crippen LogP contribution in [0.25, 0.3) is 0 Å². The third-order valence-corrected chi connectivity index (χ3v) is 3.28. The molecule has 2 rings (SSSR count). The van der Waals surface area contributed by atoms with E-state index in [-0.39, 0.29) is 13.2 Å². The molecular formula is C11H18O4S. The van der Waals surface area contributed by atoms with Gasteiger partial charge >= 0.3 is 0 Å². The Bertz CT molecular complexity index is 246. The molecule has 1 saturated heterocycles. The summed E-state index contributed by atoms with van der Waals surface area (Å²) in [5.74, 6) is 0.601. The van der Waals surface area contributed by atoms with E-state index in [1.807, 2.05) is 0 Å². The maximum absolute atomic E-state index is 8.54. The van der Waals surface area contributed by atoms with Crippen LogP contribution in [0.5, 0.6) is 0 Å². The molecule has 0 aromatic heterocycles. The van der Waals surface area contributed by atoms with E-state index >= 15 is 0 Å². The zero-order valence-electron chi connectivity index (χ0n) is 9.26. The highest BCUT2D eigenvalue weighted by Gasteiger charge is 2.43. The molecule has 0 amide bonds. The van der Waals surface area contributed by atoms with Gasteiger partial charge in [-0.3, -0.25) is 0 Å². The van der Waals surface area contributed by atoms with Crippen LogP contribution in [0, 0.1) is 5.92 Å². The second-order valence-electron chi connectivity index (χ2n) is 4.35. The summed E-state index contributed by atoms with van der Waals surface area (Å²) in [5, 5.41) is 8.96. The molecule has 92 valence electrons. The van der Waals surface area contributed by atoms with Gasteiger partial charge in [0.1, 0.15) is 13.2 Å². The molecule has 1 aliphatic carbocycles. The first-order chi connectivity index (χ1) is 7.79. The van der Waals surface area contributed by atoms with Crippen LogP contribution in [0.1, 0.15) is 19.3 Å². The predicted octanol–water partition coefficient (Wildman–Crippen LogP) is 0.907. The number of ether oxygens (including phenoxy) is 3. The van der Waals surface area contributed by atoms with Gasteiger partial charge in [0.15, 0.2) is 5.05 Å². The molecule has 0 spiro atoms. The lowest BCUT2D eigenvalue weighted by Crippen LogP contribution is -2.21. The summed E-state index contributed by atoms with van der Waals surface area (Å²) in [6.07, 6.45) is 4.52. The monoisotopic (exact) mass is 246 g/mol. The van der Waals surface area contributed by atoms with E-state index in [2.05, 4.69) is 0 Å². The van der Waals surface area contributed by atoms with Crippen molar-refractivity contribution in [3.63, 3.8) is 0 Å². The van der Waals surface area contributed by atoms with Crippen LogP contribution in [0.4, 0.5) is 0 Å². The standard InChI is InChI=1S/C11H18O4S/c12-3-4-14-11(16)7-13-6-8-1-2-9-10(5-8)15-9/h8-10,12H,1-7H2. The average molecular weight is 246 g/mol. The number of aliphatic hydroxyl groups is 1. The van der Waals surface area contributed by atoms with Crippen LogP contribution >= 0.6 is 12.2 Å². The Labute approximate surface area is 101 Å². The molecular weight excluding hydrogens is 228 g/mol. The third-order valence-electron chi connectivity index (χ3n) is 3.04. The molecule has 0 bridgehead atoms. The summed E-state index contributed by atoms with van der Waals surface area (Å²) >= 11 is 4.93. The van der Waals surface area contributed by atoms with Gasteiger partial charge in [-0.1, -0.05) is 0 Å². The lowest BCUT2D eigenvalue weighted by Gasteiger charge is -2.18. The van der Waals surface area contributed by atoms with Gasteiger partial charge in [-0.05, 0) is 37.4 Å². The Morgan fingerprint density at radius 1 is 1.38 bits per heavy atom. The van der Waals surface area contributed by atoms with Crippen molar-refractivity contribution in [1.29, 1.82) is 0 Å². The summed E-state index contributed by atoms with van der Waals surface area (Å²) in [4.78, 5) is 0. The first kappa shape index (κ1) is 12.2. The van der Waals surface area contributed by atoms with Gasteiger partial charge in [-0.25, -0.2) is 0 Å². The van der Waals surface area contributed by atoms with Gasteiger partial charge in [0.2, 0.25) is 0 Å². The van der Waals surface area contributed by atoms with E-state index in [9.17, 15) is 0 Å². The highest BCUT2D eigenvalue weighted by Crippen LogP contribution is 2.39. The maximum Gasteiger partial charge on any atom is 0.185 e. The zero-order valence-corrected chi connectivity index (χ0v) is 10.1. The number of epoxide rings is 1. The van der Waals surface area contributed by atoms with Gasteiger partial charge < -0.3 is 19.3 Å². The van der Waals surface area contributed by atoms with Crippen LogP contribution in [-0.2, 0) is 14.2 Å². The van der Waals surface area contributed by atoms with Crippen molar-refractivity contribution in [3.05, 3.63) is 0 Å². The Hall–Kier alpha value is -0.230. The molecule has 2 aliphatic rings. The molecule has 1 heterocycles. The van der Waals surface area contributed by atoms with Crippen LogP contribution < -0.4 is 0 Å². The lowest BCUT2D eigenvalue weighted by molar-refractivity contribution is 0.101. The summed E-state index contributed by atoms with van der Waals surface area (Å²) in [5.41, 5.74) is 0. The van der Waals surface area contributed by atoms with Gasteiger partial charge in [-0.2, -0.15) is 0 Å². The van der Waals surface area contributed by atoms with E-state index < -0.39 is 0 Å². The van der Waals surface area contributed by atoms with Crippen LogP contribution in [0.2, 0.25) is 0 Å². The van der Waals surface area contributed by atoms with Gasteiger partial charge in [0.25, 0.3) is 0 Å². The van der Waals surface area contributed by atoms with Crippen molar-refractivity contribution < 1.29 is 19.3 Å². The van der Waals surface area contributed by atoms with Crippen molar-refractivity contribution in [1.82, 2.24) is 0 Å². The highest BCUT2D eigenvalue weighted by molar-refractivity contribution is 7.80. The van der Waals surface area contributed by atoms with Gasteiger partial charge in [0.05, 0.1) is 25.4 Å². The summed E-state index contributed by atoms with van der Waals surface area (Å²) in [6, 6.07) is 0. The van der Waals surface area contributed by atoms with Crippen LogP contribution in [-0.4, -0.2) is 48.8 Å². The largest absolute Gasteiger partial charge is 0.482 e. The van der Waals surface area contributed by atoms with Crippen molar-refractivity contribution in [2.24, 2.45) is 5.92 Å². The number of hydrogen-bond acceptors (Lipinski definition) is 5. The fraction of sp³-hybridized carbons (Fsp3) is 0.909. The molecule has 1 saturated carbocycles. The molecule has 0 aromatic carbocycles. The summed E-state index contributed by atoms with van der Waals surface area (Å²) < 4.78 is 16.0. The fourth-order valence-corrected chi connectivity index (χ4v) is 2.31. The van der Waals surface area contributed by atoms with E-state index in [0.717, 1.165) is 13.0 Å². The molecule has 5 heteroatoms. The third kappa shape index (κ3) is 3.66. The molecule has 1 aliphatic heterocycles. The molecule has 2 fully saturated rings. The molecule has 0 radical (unpaired) electrons. The maximum atomic E-state index is 8.54. The molecule has 1 N–H and O–H groups in total. The second kappa shape index (κ2) is 5.91. The zero-order chi connectivity index (χ0) is 11.4. The second-order valence-corrected chi connectivity index (χ2v) is 4.81. The lowest BCUT2D eigenvalue weighted by atomic mass is 9.90. The molecule has 3 unspecified atom stereocenters. The summed E-state index contributed by atoms with van der Waals surface area (Å²) in [7, 11) is 0. The SMILES string of the molecule is OCCOC(=S)COCC1CCC2OC2C1. The van der Waals surface area contributed by atoms with E-state index in [0.29, 0.717) is 29.8 Å². The first-order valence-electron chi connectivity index (χ1n) is 5.79. The van der Waals surface area contributed by atoms with E-state index in [1.165, 1.54) is 12.8 Å². The number of aliphatic hydroxyl groups excluding tert-OH is 1. The molecule has 0 aromatic rings. The normalized spacial score (nSPS) is 31.9. The van der Waals surface area contributed by atoms with E-state index in [1.54, 1.807) is 0 Å². The number of fused-ring (bicyclic) bond motifs is 1. The first-order valence-corrected chi connectivity index (χ1v) is 6.20. The van der Waals surface area contributed by atoms with E-state index in [4.69, 9.17) is 31.5 Å². The minimum Gasteiger partial charge on any atom is -0.482 e.